The minimum atomic E-state index is -0.312. The van der Waals surface area contributed by atoms with Crippen molar-refractivity contribution in [1.82, 2.24) is 14.9 Å². The summed E-state index contributed by atoms with van der Waals surface area (Å²) in [6.07, 6.45) is 5.93. The van der Waals surface area contributed by atoms with Crippen LogP contribution in [0, 0.1) is 5.82 Å². The molecule has 0 N–H and O–H groups in total. The summed E-state index contributed by atoms with van der Waals surface area (Å²) in [5.74, 6) is 0.101. The van der Waals surface area contributed by atoms with Gasteiger partial charge in [0.05, 0.1) is 6.20 Å². The predicted octanol–water partition coefficient (Wildman–Crippen LogP) is 2.30. The number of piperidine rings is 1. The number of halogens is 1. The van der Waals surface area contributed by atoms with Gasteiger partial charge in [0.15, 0.2) is 0 Å². The minimum absolute atomic E-state index is 0.00675. The average Bonchev–Trinajstić information content (AvgIpc) is 2.56. The summed E-state index contributed by atoms with van der Waals surface area (Å²) >= 11 is 0. The number of carbonyl (C=O) groups is 1. The molecule has 0 atom stereocenters. The molecule has 0 saturated carbocycles. The van der Waals surface area contributed by atoms with Crippen molar-refractivity contribution in [3.05, 3.63) is 54.4 Å². The maximum absolute atomic E-state index is 13.1. The van der Waals surface area contributed by atoms with E-state index in [0.29, 0.717) is 37.4 Å². The number of carbonyl (C=O) groups excluding carboxylic acids is 1. The number of likely N-dealkylation sites (tertiary alicyclic amines) is 1. The van der Waals surface area contributed by atoms with Gasteiger partial charge in [-0.3, -0.25) is 9.78 Å². The normalized spacial score (nSPS) is 15.6. The van der Waals surface area contributed by atoms with Crippen molar-refractivity contribution in [1.29, 1.82) is 0 Å². The van der Waals surface area contributed by atoms with E-state index >= 15 is 0 Å². The molecule has 1 aliphatic heterocycles. The second kappa shape index (κ2) is 6.51. The van der Waals surface area contributed by atoms with Gasteiger partial charge in [0, 0.05) is 44.4 Å². The first-order chi connectivity index (χ1) is 10.7. The standard InChI is InChI=1S/C16H16FN3O2/c17-12-2-1-3-14(10-12)22-13-4-8-20(9-5-13)16(21)15-11-18-6-7-19-15/h1-3,6-7,10-11,13H,4-5,8-9H2. The Morgan fingerprint density at radius 2 is 2.09 bits per heavy atom. The van der Waals surface area contributed by atoms with Crippen LogP contribution in [0.15, 0.2) is 42.9 Å². The molecule has 1 aromatic heterocycles. The van der Waals surface area contributed by atoms with E-state index in [2.05, 4.69) is 9.97 Å². The summed E-state index contributed by atoms with van der Waals surface area (Å²) in [5, 5.41) is 0. The maximum Gasteiger partial charge on any atom is 0.274 e. The van der Waals surface area contributed by atoms with Gasteiger partial charge >= 0.3 is 0 Å². The van der Waals surface area contributed by atoms with E-state index in [4.69, 9.17) is 4.74 Å². The fraction of sp³-hybridized carbons (Fsp3) is 0.312. The third-order valence-electron chi connectivity index (χ3n) is 3.61. The van der Waals surface area contributed by atoms with Gasteiger partial charge < -0.3 is 9.64 Å². The van der Waals surface area contributed by atoms with E-state index in [9.17, 15) is 9.18 Å². The van der Waals surface area contributed by atoms with Crippen LogP contribution in [-0.4, -0.2) is 40.0 Å². The molecule has 0 radical (unpaired) electrons. The maximum atomic E-state index is 13.1. The lowest BCUT2D eigenvalue weighted by Crippen LogP contribution is -2.42. The van der Waals surface area contributed by atoms with Crippen molar-refractivity contribution in [2.24, 2.45) is 0 Å². The molecule has 0 unspecified atom stereocenters. The quantitative estimate of drug-likeness (QED) is 0.873. The number of rotatable bonds is 3. The number of amides is 1. The molecule has 0 spiro atoms. The molecule has 1 aliphatic rings. The lowest BCUT2D eigenvalue weighted by Gasteiger charge is -2.31. The SMILES string of the molecule is O=C(c1cnccn1)N1CCC(Oc2cccc(F)c2)CC1. The van der Waals surface area contributed by atoms with Gasteiger partial charge in [-0.15, -0.1) is 0 Å². The van der Waals surface area contributed by atoms with Crippen LogP contribution in [0.25, 0.3) is 0 Å². The van der Waals surface area contributed by atoms with E-state index in [-0.39, 0.29) is 17.8 Å². The van der Waals surface area contributed by atoms with Crippen LogP contribution < -0.4 is 4.74 Å². The predicted molar refractivity (Wildman–Crippen MR) is 78.0 cm³/mol. The zero-order valence-corrected chi connectivity index (χ0v) is 12.0. The van der Waals surface area contributed by atoms with Gasteiger partial charge in [0.2, 0.25) is 0 Å². The highest BCUT2D eigenvalue weighted by atomic mass is 19.1. The topological polar surface area (TPSA) is 55.3 Å². The number of aromatic nitrogens is 2. The summed E-state index contributed by atoms with van der Waals surface area (Å²) < 4.78 is 18.9. The van der Waals surface area contributed by atoms with Gasteiger partial charge in [0.25, 0.3) is 5.91 Å². The average molecular weight is 301 g/mol. The summed E-state index contributed by atoms with van der Waals surface area (Å²) in [6, 6.07) is 6.11. The van der Waals surface area contributed by atoms with E-state index in [0.717, 1.165) is 0 Å². The first kappa shape index (κ1) is 14.4. The van der Waals surface area contributed by atoms with E-state index in [1.807, 2.05) is 0 Å². The minimum Gasteiger partial charge on any atom is -0.490 e. The van der Waals surface area contributed by atoms with Gasteiger partial charge in [-0.05, 0) is 12.1 Å². The molecule has 3 rings (SSSR count). The molecular formula is C16H16FN3O2. The van der Waals surface area contributed by atoms with E-state index in [1.54, 1.807) is 17.0 Å². The van der Waals surface area contributed by atoms with Crippen molar-refractivity contribution in [3.8, 4) is 5.75 Å². The van der Waals surface area contributed by atoms with Crippen LogP contribution in [0.5, 0.6) is 5.75 Å². The Kier molecular flexibility index (Phi) is 4.27. The molecule has 0 aliphatic carbocycles. The molecule has 1 amide bonds. The highest BCUT2D eigenvalue weighted by molar-refractivity contribution is 5.92. The fourth-order valence-electron chi connectivity index (χ4n) is 2.48. The second-order valence-corrected chi connectivity index (χ2v) is 5.16. The smallest absolute Gasteiger partial charge is 0.274 e. The van der Waals surface area contributed by atoms with E-state index in [1.165, 1.54) is 30.7 Å². The lowest BCUT2D eigenvalue weighted by molar-refractivity contribution is 0.0589. The largest absolute Gasteiger partial charge is 0.490 e. The molecule has 114 valence electrons. The second-order valence-electron chi connectivity index (χ2n) is 5.16. The van der Waals surface area contributed by atoms with Crippen molar-refractivity contribution in [3.63, 3.8) is 0 Å². The Labute approximate surface area is 127 Å². The molecule has 0 bridgehead atoms. The number of ether oxygens (including phenoxy) is 1. The number of hydrogen-bond acceptors (Lipinski definition) is 4. The monoisotopic (exact) mass is 301 g/mol. The van der Waals surface area contributed by atoms with Gasteiger partial charge in [0.1, 0.15) is 23.4 Å². The van der Waals surface area contributed by atoms with Crippen molar-refractivity contribution < 1.29 is 13.9 Å². The van der Waals surface area contributed by atoms with Crippen LogP contribution in [0.4, 0.5) is 4.39 Å². The molecular weight excluding hydrogens is 285 g/mol. The molecule has 5 nitrogen and oxygen atoms in total. The molecule has 2 heterocycles. The number of hydrogen-bond donors (Lipinski definition) is 0. The van der Waals surface area contributed by atoms with Crippen molar-refractivity contribution >= 4 is 5.91 Å². The molecule has 1 fully saturated rings. The first-order valence-electron chi connectivity index (χ1n) is 7.20. The van der Waals surface area contributed by atoms with Crippen LogP contribution in [0.1, 0.15) is 23.3 Å². The Morgan fingerprint density at radius 1 is 1.27 bits per heavy atom. The van der Waals surface area contributed by atoms with Crippen molar-refractivity contribution in [2.75, 3.05) is 13.1 Å². The summed E-state index contributed by atoms with van der Waals surface area (Å²) in [6.45, 7) is 1.19. The zero-order valence-electron chi connectivity index (χ0n) is 12.0. The van der Waals surface area contributed by atoms with Crippen LogP contribution >= 0.6 is 0 Å². The lowest BCUT2D eigenvalue weighted by atomic mass is 10.1. The Morgan fingerprint density at radius 3 is 2.77 bits per heavy atom. The Balaban J connectivity index is 1.55. The number of nitrogens with zero attached hydrogens (tertiary/aromatic N) is 3. The third-order valence-corrected chi connectivity index (χ3v) is 3.61. The fourth-order valence-corrected chi connectivity index (χ4v) is 2.48. The summed E-state index contributed by atoms with van der Waals surface area (Å²) in [7, 11) is 0. The number of benzene rings is 1. The molecule has 1 aromatic carbocycles. The Bertz CT molecular complexity index is 643. The van der Waals surface area contributed by atoms with Gasteiger partial charge in [-0.25, -0.2) is 9.37 Å². The van der Waals surface area contributed by atoms with Crippen LogP contribution in [0.2, 0.25) is 0 Å². The van der Waals surface area contributed by atoms with Gasteiger partial charge in [-0.2, -0.15) is 0 Å². The van der Waals surface area contributed by atoms with Crippen LogP contribution in [-0.2, 0) is 0 Å². The highest BCUT2D eigenvalue weighted by Crippen LogP contribution is 2.20. The molecule has 1 saturated heterocycles. The van der Waals surface area contributed by atoms with E-state index < -0.39 is 0 Å². The Hall–Kier alpha value is -2.50. The van der Waals surface area contributed by atoms with Crippen molar-refractivity contribution in [2.45, 2.75) is 18.9 Å². The zero-order chi connectivity index (χ0) is 15.4. The molecule has 22 heavy (non-hydrogen) atoms. The molecule has 2 aromatic rings. The summed E-state index contributed by atoms with van der Waals surface area (Å²) in [4.78, 5) is 21.9. The highest BCUT2D eigenvalue weighted by Gasteiger charge is 2.25. The molecule has 6 heteroatoms. The van der Waals surface area contributed by atoms with Gasteiger partial charge in [-0.1, -0.05) is 6.07 Å². The van der Waals surface area contributed by atoms with Crippen LogP contribution in [0.3, 0.4) is 0 Å². The summed E-state index contributed by atoms with van der Waals surface area (Å²) in [5.41, 5.74) is 0.354. The third kappa shape index (κ3) is 3.39. The first-order valence-corrected chi connectivity index (χ1v) is 7.20.